The Morgan fingerprint density at radius 1 is 1.16 bits per heavy atom. The lowest BCUT2D eigenvalue weighted by atomic mass is 9.47. The highest BCUT2D eigenvalue weighted by Gasteiger charge is 2.62. The summed E-state index contributed by atoms with van der Waals surface area (Å²) in [5.74, 6) is 1.14. The summed E-state index contributed by atoms with van der Waals surface area (Å²) in [5, 5.41) is 0. The number of carbonyl (C=O) groups is 3. The number of hydrogen-bond acceptors (Lipinski definition) is 4. The molecular formula is C21H28O4. The van der Waals surface area contributed by atoms with Crippen LogP contribution in [0.1, 0.15) is 65.7 Å². The summed E-state index contributed by atoms with van der Waals surface area (Å²) in [4.78, 5) is 36.7. The Morgan fingerprint density at radius 3 is 2.64 bits per heavy atom. The van der Waals surface area contributed by atoms with E-state index < -0.39 is 0 Å². The minimum Gasteiger partial charge on any atom is -0.462 e. The van der Waals surface area contributed by atoms with Crippen molar-refractivity contribution in [3.05, 3.63) is 11.6 Å². The highest BCUT2D eigenvalue weighted by atomic mass is 16.5. The molecule has 4 heteroatoms. The molecule has 25 heavy (non-hydrogen) atoms. The van der Waals surface area contributed by atoms with E-state index in [0.29, 0.717) is 30.5 Å². The summed E-state index contributed by atoms with van der Waals surface area (Å²) >= 11 is 0. The van der Waals surface area contributed by atoms with Crippen molar-refractivity contribution in [1.29, 1.82) is 0 Å². The largest absolute Gasteiger partial charge is 0.462 e. The fourth-order valence-electron chi connectivity index (χ4n) is 6.73. The molecule has 3 unspecified atom stereocenters. The van der Waals surface area contributed by atoms with E-state index in [2.05, 4.69) is 13.8 Å². The zero-order valence-electron chi connectivity index (χ0n) is 15.5. The molecule has 0 heterocycles. The number of esters is 1. The third-order valence-electron chi connectivity index (χ3n) is 7.87. The van der Waals surface area contributed by atoms with Gasteiger partial charge in [-0.15, -0.1) is 0 Å². The average molecular weight is 344 g/mol. The molecule has 3 saturated carbocycles. The molecule has 4 rings (SSSR count). The van der Waals surface area contributed by atoms with Crippen molar-refractivity contribution in [2.75, 3.05) is 0 Å². The predicted octanol–water partition coefficient (Wildman–Crippen LogP) is 3.63. The Bertz CT molecular complexity index is 677. The van der Waals surface area contributed by atoms with Crippen molar-refractivity contribution in [3.8, 4) is 0 Å². The molecule has 136 valence electrons. The molecule has 0 aromatic carbocycles. The fraction of sp³-hybridized carbons (Fsp3) is 0.762. The summed E-state index contributed by atoms with van der Waals surface area (Å²) in [5.41, 5.74) is 0.845. The monoisotopic (exact) mass is 344 g/mol. The van der Waals surface area contributed by atoms with Crippen LogP contribution in [-0.2, 0) is 19.1 Å². The van der Waals surface area contributed by atoms with Gasteiger partial charge in [-0.3, -0.25) is 14.4 Å². The molecule has 0 aromatic heterocycles. The maximum Gasteiger partial charge on any atom is 0.302 e. The third-order valence-corrected chi connectivity index (χ3v) is 7.87. The first-order valence-electron chi connectivity index (χ1n) is 9.69. The van der Waals surface area contributed by atoms with Gasteiger partial charge in [0.05, 0.1) is 0 Å². The second-order valence-corrected chi connectivity index (χ2v) is 9.16. The molecule has 0 spiro atoms. The fourth-order valence-corrected chi connectivity index (χ4v) is 6.73. The number of ketones is 2. The first-order valence-corrected chi connectivity index (χ1v) is 9.69. The third kappa shape index (κ3) is 2.36. The van der Waals surface area contributed by atoms with Gasteiger partial charge in [0, 0.05) is 31.1 Å². The lowest BCUT2D eigenvalue weighted by Crippen LogP contribution is -2.55. The molecule has 4 aliphatic carbocycles. The molecule has 3 fully saturated rings. The molecule has 0 bridgehead atoms. The van der Waals surface area contributed by atoms with E-state index in [9.17, 15) is 14.4 Å². The molecule has 4 nitrogen and oxygen atoms in total. The highest BCUT2D eigenvalue weighted by molar-refractivity contribution is 5.93. The Balaban J connectivity index is 1.69. The van der Waals surface area contributed by atoms with Crippen molar-refractivity contribution < 1.29 is 19.1 Å². The summed E-state index contributed by atoms with van der Waals surface area (Å²) in [6.45, 7) is 5.83. The van der Waals surface area contributed by atoms with Crippen LogP contribution in [0, 0.1) is 28.6 Å². The van der Waals surface area contributed by atoms with Gasteiger partial charge < -0.3 is 4.74 Å². The lowest BCUT2D eigenvalue weighted by molar-refractivity contribution is -0.163. The van der Waals surface area contributed by atoms with Crippen LogP contribution in [0.2, 0.25) is 0 Å². The summed E-state index contributed by atoms with van der Waals surface area (Å²) in [6.07, 6.45) is 7.41. The molecule has 0 N–H and O–H groups in total. The number of hydrogen-bond donors (Lipinski definition) is 0. The first kappa shape index (κ1) is 17.0. The van der Waals surface area contributed by atoms with Crippen molar-refractivity contribution in [2.24, 2.45) is 28.6 Å². The quantitative estimate of drug-likeness (QED) is 0.682. The van der Waals surface area contributed by atoms with Crippen LogP contribution in [0.15, 0.2) is 11.6 Å². The standard InChI is InChI=1S/C21H28O4/c1-12(22)25-18-7-6-16-15-5-4-13-10-14(23)8-9-20(13,2)19(15)17(24)11-21(16,18)3/h10,15-16,18-19H,4-9,11H2,1-3H3/t15?,16?,18-,19?,20-,21-/m0/s1. The van der Waals surface area contributed by atoms with Crippen LogP contribution < -0.4 is 0 Å². The van der Waals surface area contributed by atoms with Gasteiger partial charge in [0.15, 0.2) is 5.78 Å². The van der Waals surface area contributed by atoms with E-state index in [1.54, 1.807) is 0 Å². The maximum absolute atomic E-state index is 13.3. The van der Waals surface area contributed by atoms with Crippen molar-refractivity contribution in [3.63, 3.8) is 0 Å². The topological polar surface area (TPSA) is 60.4 Å². The zero-order chi connectivity index (χ0) is 18.0. The highest BCUT2D eigenvalue weighted by Crippen LogP contribution is 2.64. The Hall–Kier alpha value is -1.45. The minimum atomic E-state index is -0.243. The number of allylic oxidation sites excluding steroid dienone is 1. The second kappa shape index (κ2) is 5.52. The Labute approximate surface area is 149 Å². The normalized spacial score (nSPS) is 46.0. The van der Waals surface area contributed by atoms with Crippen molar-refractivity contribution in [2.45, 2.75) is 71.8 Å². The number of carbonyl (C=O) groups excluding carboxylic acids is 3. The van der Waals surface area contributed by atoms with Gasteiger partial charge in [-0.05, 0) is 55.4 Å². The van der Waals surface area contributed by atoms with Crippen LogP contribution in [0.25, 0.3) is 0 Å². The molecule has 6 atom stereocenters. The smallest absolute Gasteiger partial charge is 0.302 e. The lowest BCUT2D eigenvalue weighted by Gasteiger charge is -2.56. The van der Waals surface area contributed by atoms with Gasteiger partial charge in [-0.25, -0.2) is 0 Å². The van der Waals surface area contributed by atoms with Gasteiger partial charge in [0.2, 0.25) is 0 Å². The SMILES string of the molecule is CC(=O)O[C@H]1CCC2C3CCC4=CC(=O)CC[C@]4(C)C3C(=O)C[C@@]21C. The average Bonchev–Trinajstić information content (AvgIpc) is 2.83. The Kier molecular flexibility index (Phi) is 3.75. The molecule has 0 aliphatic heterocycles. The van der Waals surface area contributed by atoms with Crippen LogP contribution >= 0.6 is 0 Å². The molecule has 0 amide bonds. The van der Waals surface area contributed by atoms with Gasteiger partial charge >= 0.3 is 5.97 Å². The molecule has 4 aliphatic rings. The summed E-state index contributed by atoms with van der Waals surface area (Å²) in [7, 11) is 0. The van der Waals surface area contributed by atoms with Gasteiger partial charge in [-0.2, -0.15) is 0 Å². The van der Waals surface area contributed by atoms with Crippen molar-refractivity contribution in [1.82, 2.24) is 0 Å². The zero-order valence-corrected chi connectivity index (χ0v) is 15.5. The summed E-state index contributed by atoms with van der Waals surface area (Å²) in [6, 6.07) is 0. The molecular weight excluding hydrogens is 316 g/mol. The van der Waals surface area contributed by atoms with Gasteiger partial charge in [0.1, 0.15) is 11.9 Å². The number of rotatable bonds is 1. The van der Waals surface area contributed by atoms with Crippen LogP contribution in [-0.4, -0.2) is 23.6 Å². The van der Waals surface area contributed by atoms with E-state index in [-0.39, 0.29) is 34.6 Å². The van der Waals surface area contributed by atoms with E-state index in [4.69, 9.17) is 4.74 Å². The first-order chi connectivity index (χ1) is 11.8. The molecule has 0 saturated heterocycles. The van der Waals surface area contributed by atoms with Crippen LogP contribution in [0.4, 0.5) is 0 Å². The number of ether oxygens (including phenoxy) is 1. The van der Waals surface area contributed by atoms with Gasteiger partial charge in [-0.1, -0.05) is 19.4 Å². The number of fused-ring (bicyclic) bond motifs is 5. The van der Waals surface area contributed by atoms with Crippen LogP contribution in [0.5, 0.6) is 0 Å². The molecule has 0 radical (unpaired) electrons. The van der Waals surface area contributed by atoms with E-state index in [1.165, 1.54) is 12.5 Å². The predicted molar refractivity (Wildman–Crippen MR) is 92.7 cm³/mol. The Morgan fingerprint density at radius 2 is 1.92 bits per heavy atom. The van der Waals surface area contributed by atoms with Crippen LogP contribution in [0.3, 0.4) is 0 Å². The van der Waals surface area contributed by atoms with E-state index >= 15 is 0 Å². The maximum atomic E-state index is 13.3. The van der Waals surface area contributed by atoms with E-state index in [1.807, 2.05) is 6.08 Å². The van der Waals surface area contributed by atoms with Gasteiger partial charge in [0.25, 0.3) is 0 Å². The second-order valence-electron chi connectivity index (χ2n) is 9.16. The number of Topliss-reactive ketones (excluding diaryl/α,β-unsaturated/α-hetero) is 1. The molecule has 0 aromatic rings. The summed E-state index contributed by atoms with van der Waals surface area (Å²) < 4.78 is 5.61. The van der Waals surface area contributed by atoms with E-state index in [0.717, 1.165) is 32.1 Å². The minimum absolute atomic E-state index is 0.0368. The van der Waals surface area contributed by atoms with Crippen molar-refractivity contribution >= 4 is 17.5 Å².